The third-order valence-electron chi connectivity index (χ3n) is 1.44. The van der Waals surface area contributed by atoms with Gasteiger partial charge in [0.15, 0.2) is 0 Å². The molecule has 1 heterocycles. The second-order valence-electron chi connectivity index (χ2n) is 2.19. The summed E-state index contributed by atoms with van der Waals surface area (Å²) in [6.45, 7) is 0. The molecule has 0 saturated heterocycles. The number of rotatable bonds is 0. The van der Waals surface area contributed by atoms with Crippen molar-refractivity contribution in [1.29, 1.82) is 0 Å². The Kier molecular flexibility index (Phi) is 3.81. The molecule has 0 fully saturated rings. The van der Waals surface area contributed by atoms with Gasteiger partial charge in [0.05, 0.1) is 5.69 Å². The first kappa shape index (κ1) is 9.80. The Balaban J connectivity index is 0.000000720. The summed E-state index contributed by atoms with van der Waals surface area (Å²) >= 11 is 1.70. The van der Waals surface area contributed by atoms with Gasteiger partial charge in [0.2, 0.25) is 0 Å². The van der Waals surface area contributed by atoms with Gasteiger partial charge in [-0.15, -0.1) is 24.0 Å². The summed E-state index contributed by atoms with van der Waals surface area (Å²) in [5.41, 5.74) is 1.06. The lowest BCUT2D eigenvalue weighted by Crippen LogP contribution is -1.68. The van der Waals surface area contributed by atoms with Gasteiger partial charge >= 0.3 is 0 Å². The van der Waals surface area contributed by atoms with Crippen LogP contribution in [0.15, 0.2) is 45.6 Å². The molecule has 1 aliphatic heterocycles. The first-order valence-electron chi connectivity index (χ1n) is 3.42. The number of hydrogen-bond acceptors (Lipinski definition) is 2. The second-order valence-corrected chi connectivity index (χ2v) is 3.14. The van der Waals surface area contributed by atoms with E-state index >= 15 is 0 Å². The van der Waals surface area contributed by atoms with Crippen LogP contribution >= 0.6 is 35.7 Å². The number of hydrogen-bond donors (Lipinski definition) is 0. The van der Waals surface area contributed by atoms with Crippen LogP contribution in [-0.2, 0) is 0 Å². The van der Waals surface area contributed by atoms with Crippen molar-refractivity contribution in [2.24, 2.45) is 4.99 Å². The van der Waals surface area contributed by atoms with Crippen LogP contribution in [0.5, 0.6) is 0 Å². The van der Waals surface area contributed by atoms with Crippen LogP contribution in [0.4, 0.5) is 5.69 Å². The first-order valence-corrected chi connectivity index (χ1v) is 4.30. The summed E-state index contributed by atoms with van der Waals surface area (Å²) in [4.78, 5) is 5.47. The fraction of sp³-hybridized carbons (Fsp3) is 0. The molecule has 0 radical (unpaired) electrons. The molecule has 0 N–H and O–H groups in total. The molecule has 0 unspecified atom stereocenters. The lowest BCUT2D eigenvalue weighted by Gasteiger charge is -1.97. The number of allylic oxidation sites excluding steroid dienone is 1. The summed E-state index contributed by atoms with van der Waals surface area (Å²) in [6, 6.07) is 8.13. The second kappa shape index (κ2) is 4.67. The molecule has 0 bridgehead atoms. The molecule has 2 rings (SSSR count). The topological polar surface area (TPSA) is 12.4 Å². The average molecular weight is 289 g/mol. The van der Waals surface area contributed by atoms with E-state index in [1.807, 2.05) is 35.9 Å². The molecule has 12 heavy (non-hydrogen) atoms. The summed E-state index contributed by atoms with van der Waals surface area (Å²) in [7, 11) is 0. The molecule has 1 aromatic rings. The molecule has 62 valence electrons. The van der Waals surface area contributed by atoms with Gasteiger partial charge in [-0.2, -0.15) is 0 Å². The molecule has 1 nitrogen and oxygen atoms in total. The summed E-state index contributed by atoms with van der Waals surface area (Å²) in [5, 5.41) is 2.04. The maximum Gasteiger partial charge on any atom is 0.0768 e. The lowest BCUT2D eigenvalue weighted by molar-refractivity contribution is 1.39. The fourth-order valence-electron chi connectivity index (χ4n) is 0.935. The van der Waals surface area contributed by atoms with Gasteiger partial charge < -0.3 is 0 Å². The smallest absolute Gasteiger partial charge is 0.0768 e. The van der Waals surface area contributed by atoms with Gasteiger partial charge in [-0.05, 0) is 23.6 Å². The monoisotopic (exact) mass is 289 g/mol. The Morgan fingerprint density at radius 1 is 1.17 bits per heavy atom. The molecule has 0 amide bonds. The first-order chi connectivity index (χ1) is 5.47. The van der Waals surface area contributed by atoms with E-state index in [1.165, 1.54) is 4.90 Å². The standard InChI is InChI=1S/C9H7NS.HI/c1-2-5-9-8(4-1)10-6-3-7-11-9;/h1-7H;1H. The van der Waals surface area contributed by atoms with Crippen molar-refractivity contribution < 1.29 is 0 Å². The van der Waals surface area contributed by atoms with Gasteiger partial charge in [0.25, 0.3) is 0 Å². The fourth-order valence-corrected chi connectivity index (χ4v) is 1.63. The zero-order valence-electron chi connectivity index (χ0n) is 6.31. The Morgan fingerprint density at radius 3 is 2.92 bits per heavy atom. The minimum absolute atomic E-state index is 0. The zero-order chi connectivity index (χ0) is 7.52. The highest BCUT2D eigenvalue weighted by atomic mass is 127. The number of thioether (sulfide) groups is 1. The molecule has 0 saturated carbocycles. The molecule has 1 aliphatic rings. The van der Waals surface area contributed by atoms with E-state index in [9.17, 15) is 0 Å². The van der Waals surface area contributed by atoms with Crippen LogP contribution in [0, 0.1) is 0 Å². The zero-order valence-corrected chi connectivity index (χ0v) is 9.45. The number of halogens is 1. The van der Waals surface area contributed by atoms with Gasteiger partial charge in [-0.1, -0.05) is 23.9 Å². The van der Waals surface area contributed by atoms with Gasteiger partial charge in [0, 0.05) is 11.1 Å². The molecule has 0 aliphatic carbocycles. The largest absolute Gasteiger partial charge is 0.256 e. The van der Waals surface area contributed by atoms with E-state index in [0.717, 1.165) is 5.69 Å². The summed E-state index contributed by atoms with van der Waals surface area (Å²) in [5.74, 6) is 0. The SMILES string of the molecule is C1=CSc2ccccc2N=C1.I. The van der Waals surface area contributed by atoms with E-state index in [-0.39, 0.29) is 24.0 Å². The number of benzene rings is 1. The summed E-state index contributed by atoms with van der Waals surface area (Å²) < 4.78 is 0. The van der Waals surface area contributed by atoms with Crippen LogP contribution in [0.3, 0.4) is 0 Å². The highest BCUT2D eigenvalue weighted by Gasteiger charge is 1.98. The van der Waals surface area contributed by atoms with Gasteiger partial charge in [0.1, 0.15) is 0 Å². The van der Waals surface area contributed by atoms with Crippen LogP contribution < -0.4 is 0 Å². The number of fused-ring (bicyclic) bond motifs is 1. The predicted molar refractivity (Wildman–Crippen MR) is 65.0 cm³/mol. The highest BCUT2D eigenvalue weighted by molar-refractivity contribution is 14.0. The average Bonchev–Trinajstić information content (AvgIpc) is 2.28. The van der Waals surface area contributed by atoms with E-state index in [1.54, 1.807) is 11.8 Å². The highest BCUT2D eigenvalue weighted by Crippen LogP contribution is 2.30. The van der Waals surface area contributed by atoms with E-state index in [0.29, 0.717) is 0 Å². The van der Waals surface area contributed by atoms with Gasteiger partial charge in [-0.3, -0.25) is 4.99 Å². The molecule has 1 aromatic carbocycles. The molecular weight excluding hydrogens is 281 g/mol. The van der Waals surface area contributed by atoms with Crippen molar-refractivity contribution in [2.75, 3.05) is 0 Å². The van der Waals surface area contributed by atoms with E-state index < -0.39 is 0 Å². The number of nitrogens with zero attached hydrogens (tertiary/aromatic N) is 1. The third kappa shape index (κ3) is 2.10. The number of para-hydroxylation sites is 1. The van der Waals surface area contributed by atoms with Crippen molar-refractivity contribution in [1.82, 2.24) is 0 Å². The number of aliphatic imine (C=N–C) groups is 1. The molecule has 0 atom stereocenters. The van der Waals surface area contributed by atoms with Crippen LogP contribution in [0.2, 0.25) is 0 Å². The Labute approximate surface area is 93.0 Å². The molecular formula is C9H8INS. The predicted octanol–water partition coefficient (Wildman–Crippen LogP) is 3.63. The van der Waals surface area contributed by atoms with Crippen LogP contribution in [-0.4, -0.2) is 6.21 Å². The van der Waals surface area contributed by atoms with Crippen molar-refractivity contribution in [3.63, 3.8) is 0 Å². The van der Waals surface area contributed by atoms with Crippen LogP contribution in [0.25, 0.3) is 0 Å². The normalized spacial score (nSPS) is 13.0. The van der Waals surface area contributed by atoms with E-state index in [4.69, 9.17) is 0 Å². The maximum absolute atomic E-state index is 4.25. The van der Waals surface area contributed by atoms with Crippen molar-refractivity contribution in [3.05, 3.63) is 35.7 Å². The minimum Gasteiger partial charge on any atom is -0.256 e. The van der Waals surface area contributed by atoms with Crippen molar-refractivity contribution >= 4 is 47.6 Å². The van der Waals surface area contributed by atoms with Crippen molar-refractivity contribution in [2.45, 2.75) is 4.90 Å². The van der Waals surface area contributed by atoms with Crippen molar-refractivity contribution in [3.8, 4) is 0 Å². The molecule has 0 spiro atoms. The summed E-state index contributed by atoms with van der Waals surface area (Å²) in [6.07, 6.45) is 3.77. The van der Waals surface area contributed by atoms with Gasteiger partial charge in [-0.25, -0.2) is 0 Å². The Bertz CT molecular complexity index is 320. The lowest BCUT2D eigenvalue weighted by atomic mass is 10.3. The third-order valence-corrected chi connectivity index (χ3v) is 2.33. The minimum atomic E-state index is 0. The molecule has 0 aromatic heterocycles. The van der Waals surface area contributed by atoms with Crippen LogP contribution in [0.1, 0.15) is 0 Å². The maximum atomic E-state index is 4.25. The molecule has 3 heteroatoms. The Morgan fingerprint density at radius 2 is 2.00 bits per heavy atom. The van der Waals surface area contributed by atoms with E-state index in [2.05, 4.69) is 11.1 Å². The quantitative estimate of drug-likeness (QED) is 0.664. The Hall–Kier alpha value is -0.290.